The van der Waals surface area contributed by atoms with Crippen molar-refractivity contribution in [2.45, 2.75) is 38.1 Å². The first-order valence-corrected chi connectivity index (χ1v) is 7.44. The summed E-state index contributed by atoms with van der Waals surface area (Å²) in [6.07, 6.45) is 3.13. The molecule has 1 N–H and O–H groups in total. The largest absolute Gasteiger partial charge is 0.334 e. The second kappa shape index (κ2) is 5.92. The van der Waals surface area contributed by atoms with Gasteiger partial charge < -0.3 is 5.32 Å². The van der Waals surface area contributed by atoms with Gasteiger partial charge in [0.1, 0.15) is 11.4 Å². The first-order valence-electron chi connectivity index (χ1n) is 6.64. The van der Waals surface area contributed by atoms with E-state index in [0.717, 1.165) is 12.8 Å². The topological polar surface area (TPSA) is 52.9 Å². The molecule has 0 saturated heterocycles. The molecule has 106 valence electrons. The van der Waals surface area contributed by atoms with Crippen molar-refractivity contribution in [3.8, 4) is 6.07 Å². The average Bonchev–Trinajstić information content (AvgIpc) is 2.44. The van der Waals surface area contributed by atoms with Gasteiger partial charge in [0.15, 0.2) is 0 Å². The van der Waals surface area contributed by atoms with Crippen molar-refractivity contribution < 1.29 is 9.18 Å². The molecule has 1 aromatic rings. The van der Waals surface area contributed by atoms with Gasteiger partial charge >= 0.3 is 0 Å². The third-order valence-electron chi connectivity index (χ3n) is 3.88. The molecule has 0 aliphatic heterocycles. The summed E-state index contributed by atoms with van der Waals surface area (Å²) in [6.45, 7) is 2.15. The standard InChI is InChI=1S/C15H16BrFN2O/c1-10-4-6-15(9-18,7-5-10)19-14(20)11-2-3-12(16)13(17)8-11/h2-3,8,10H,4-7H2,1H3,(H,19,20). The van der Waals surface area contributed by atoms with Crippen molar-refractivity contribution >= 4 is 21.8 Å². The van der Waals surface area contributed by atoms with E-state index in [1.807, 2.05) is 0 Å². The molecular weight excluding hydrogens is 323 g/mol. The molecule has 1 fully saturated rings. The quantitative estimate of drug-likeness (QED) is 0.891. The monoisotopic (exact) mass is 338 g/mol. The summed E-state index contributed by atoms with van der Waals surface area (Å²) >= 11 is 3.05. The average molecular weight is 339 g/mol. The molecule has 1 aliphatic carbocycles. The van der Waals surface area contributed by atoms with E-state index in [0.29, 0.717) is 23.2 Å². The summed E-state index contributed by atoms with van der Waals surface area (Å²) in [6, 6.07) is 6.44. The number of hydrogen-bond donors (Lipinski definition) is 1. The van der Waals surface area contributed by atoms with Crippen molar-refractivity contribution in [1.29, 1.82) is 5.26 Å². The third-order valence-corrected chi connectivity index (χ3v) is 4.52. The maximum Gasteiger partial charge on any atom is 0.252 e. The van der Waals surface area contributed by atoms with Crippen LogP contribution < -0.4 is 5.32 Å². The molecule has 1 aliphatic rings. The summed E-state index contributed by atoms with van der Waals surface area (Å²) in [5.74, 6) is -0.299. The first-order chi connectivity index (χ1) is 9.46. The van der Waals surface area contributed by atoms with E-state index in [4.69, 9.17) is 0 Å². The van der Waals surface area contributed by atoms with Crippen LogP contribution in [0.4, 0.5) is 4.39 Å². The minimum atomic E-state index is -0.812. The zero-order valence-corrected chi connectivity index (χ0v) is 12.8. The van der Waals surface area contributed by atoms with Gasteiger partial charge in [-0.2, -0.15) is 5.26 Å². The van der Waals surface area contributed by atoms with E-state index in [2.05, 4.69) is 34.2 Å². The molecule has 5 heteroatoms. The Hall–Kier alpha value is -1.41. The zero-order valence-electron chi connectivity index (χ0n) is 11.2. The number of rotatable bonds is 2. The van der Waals surface area contributed by atoms with E-state index < -0.39 is 17.3 Å². The number of amides is 1. The molecular formula is C15H16BrFN2O. The Labute approximate surface area is 126 Å². The van der Waals surface area contributed by atoms with Gasteiger partial charge in [0.05, 0.1) is 10.5 Å². The van der Waals surface area contributed by atoms with Crippen LogP contribution in [-0.2, 0) is 0 Å². The van der Waals surface area contributed by atoms with Gasteiger partial charge in [-0.05, 0) is 65.7 Å². The fraction of sp³-hybridized carbons (Fsp3) is 0.467. The predicted molar refractivity (Wildman–Crippen MR) is 77.5 cm³/mol. The Balaban J connectivity index is 2.13. The molecule has 0 spiro atoms. The zero-order chi connectivity index (χ0) is 14.8. The Bertz CT molecular complexity index is 559. The maximum atomic E-state index is 13.5. The summed E-state index contributed by atoms with van der Waals surface area (Å²) in [5, 5.41) is 12.2. The first kappa shape index (κ1) is 15.0. The number of carbonyl (C=O) groups is 1. The lowest BCUT2D eigenvalue weighted by atomic mass is 9.78. The molecule has 0 radical (unpaired) electrons. The Morgan fingerprint density at radius 2 is 2.15 bits per heavy atom. The van der Waals surface area contributed by atoms with E-state index >= 15 is 0 Å². The highest BCUT2D eigenvalue weighted by Gasteiger charge is 2.35. The molecule has 2 rings (SSSR count). The highest BCUT2D eigenvalue weighted by Crippen LogP contribution is 2.31. The van der Waals surface area contributed by atoms with Crippen molar-refractivity contribution in [2.75, 3.05) is 0 Å². The third kappa shape index (κ3) is 3.18. The molecule has 1 saturated carbocycles. The number of hydrogen-bond acceptors (Lipinski definition) is 2. The van der Waals surface area contributed by atoms with Crippen LogP contribution in [0.3, 0.4) is 0 Å². The molecule has 1 amide bonds. The molecule has 0 bridgehead atoms. The summed E-state index contributed by atoms with van der Waals surface area (Å²) in [4.78, 5) is 12.2. The number of nitriles is 1. The molecule has 3 nitrogen and oxygen atoms in total. The Morgan fingerprint density at radius 1 is 1.50 bits per heavy atom. The lowest BCUT2D eigenvalue weighted by molar-refractivity contribution is 0.0893. The van der Waals surface area contributed by atoms with Gasteiger partial charge in [-0.15, -0.1) is 0 Å². The van der Waals surface area contributed by atoms with Crippen LogP contribution in [0.2, 0.25) is 0 Å². The molecule has 1 aromatic carbocycles. The summed E-state index contributed by atoms with van der Waals surface area (Å²) < 4.78 is 13.8. The van der Waals surface area contributed by atoms with Gasteiger partial charge in [-0.1, -0.05) is 6.92 Å². The SMILES string of the molecule is CC1CCC(C#N)(NC(=O)c2ccc(Br)c(F)c2)CC1. The van der Waals surface area contributed by atoms with Crippen molar-refractivity contribution in [1.82, 2.24) is 5.32 Å². The smallest absolute Gasteiger partial charge is 0.252 e. The predicted octanol–water partition coefficient (Wildman–Crippen LogP) is 3.79. The Kier molecular flexibility index (Phi) is 4.44. The highest BCUT2D eigenvalue weighted by molar-refractivity contribution is 9.10. The van der Waals surface area contributed by atoms with E-state index in [-0.39, 0.29) is 5.56 Å². The molecule has 0 unspecified atom stereocenters. The normalized spacial score (nSPS) is 25.8. The molecule has 0 aromatic heterocycles. The lowest BCUT2D eigenvalue weighted by Gasteiger charge is -2.34. The van der Waals surface area contributed by atoms with Crippen LogP contribution in [0.25, 0.3) is 0 Å². The Morgan fingerprint density at radius 3 is 2.70 bits per heavy atom. The van der Waals surface area contributed by atoms with Crippen LogP contribution in [0.1, 0.15) is 43.0 Å². The second-order valence-electron chi connectivity index (χ2n) is 5.46. The lowest BCUT2D eigenvalue weighted by Crippen LogP contribution is -2.49. The minimum Gasteiger partial charge on any atom is -0.334 e. The van der Waals surface area contributed by atoms with Gasteiger partial charge in [0, 0.05) is 5.56 Å². The number of nitrogens with one attached hydrogen (secondary N) is 1. The van der Waals surface area contributed by atoms with Crippen LogP contribution in [-0.4, -0.2) is 11.4 Å². The van der Waals surface area contributed by atoms with Crippen molar-refractivity contribution in [2.24, 2.45) is 5.92 Å². The highest BCUT2D eigenvalue weighted by atomic mass is 79.9. The molecule has 20 heavy (non-hydrogen) atoms. The van der Waals surface area contributed by atoms with Gasteiger partial charge in [0.2, 0.25) is 0 Å². The van der Waals surface area contributed by atoms with Gasteiger partial charge in [-0.25, -0.2) is 4.39 Å². The number of carbonyl (C=O) groups excluding carboxylic acids is 1. The van der Waals surface area contributed by atoms with Crippen LogP contribution in [0.15, 0.2) is 22.7 Å². The number of halogens is 2. The summed E-state index contributed by atoms with van der Waals surface area (Å²) in [7, 11) is 0. The van der Waals surface area contributed by atoms with Crippen molar-refractivity contribution in [3.63, 3.8) is 0 Å². The fourth-order valence-corrected chi connectivity index (χ4v) is 2.69. The second-order valence-corrected chi connectivity index (χ2v) is 6.31. The maximum absolute atomic E-state index is 13.5. The van der Waals surface area contributed by atoms with E-state index in [1.165, 1.54) is 12.1 Å². The van der Waals surface area contributed by atoms with E-state index in [1.54, 1.807) is 6.07 Å². The number of nitrogens with zero attached hydrogens (tertiary/aromatic N) is 1. The van der Waals surface area contributed by atoms with E-state index in [9.17, 15) is 14.4 Å². The van der Waals surface area contributed by atoms with Crippen LogP contribution in [0, 0.1) is 23.1 Å². The van der Waals surface area contributed by atoms with Crippen LogP contribution >= 0.6 is 15.9 Å². The van der Waals surface area contributed by atoms with Gasteiger partial charge in [0.25, 0.3) is 5.91 Å². The minimum absolute atomic E-state index is 0.235. The molecule has 0 atom stereocenters. The van der Waals surface area contributed by atoms with Gasteiger partial charge in [-0.3, -0.25) is 4.79 Å². The summed E-state index contributed by atoms with van der Waals surface area (Å²) in [5.41, 5.74) is -0.577. The number of benzene rings is 1. The van der Waals surface area contributed by atoms with Crippen molar-refractivity contribution in [3.05, 3.63) is 34.1 Å². The molecule has 0 heterocycles. The fourth-order valence-electron chi connectivity index (χ4n) is 2.45. The van der Waals surface area contributed by atoms with Crippen LogP contribution in [0.5, 0.6) is 0 Å².